The highest BCUT2D eigenvalue weighted by molar-refractivity contribution is 7.98. The molecule has 0 saturated heterocycles. The van der Waals surface area contributed by atoms with Crippen molar-refractivity contribution in [2.45, 2.75) is 18.6 Å². The van der Waals surface area contributed by atoms with E-state index in [-0.39, 0.29) is 24.5 Å². The monoisotopic (exact) mass is 434 g/mol. The van der Waals surface area contributed by atoms with Crippen LogP contribution in [-0.4, -0.2) is 49.1 Å². The Kier molecular flexibility index (Phi) is 7.66. The van der Waals surface area contributed by atoms with Gasteiger partial charge in [0.2, 0.25) is 5.91 Å². The number of benzene rings is 2. The fourth-order valence-corrected chi connectivity index (χ4v) is 3.58. The molecule has 0 saturated carbocycles. The average molecular weight is 435 g/mol. The van der Waals surface area contributed by atoms with E-state index in [2.05, 4.69) is 10.6 Å². The van der Waals surface area contributed by atoms with Crippen molar-refractivity contribution in [3.05, 3.63) is 59.1 Å². The number of ether oxygens (including phenoxy) is 2. The fraction of sp³-hybridized carbons (Fsp3) is 0.333. The minimum atomic E-state index is -0.664. The molecule has 2 aromatic rings. The summed E-state index contributed by atoms with van der Waals surface area (Å²) in [5.41, 5.74) is 0.344. The van der Waals surface area contributed by atoms with E-state index in [1.807, 2.05) is 30.5 Å². The molecule has 29 heavy (non-hydrogen) atoms. The Morgan fingerprint density at radius 2 is 1.90 bits per heavy atom. The predicted molar refractivity (Wildman–Crippen MR) is 115 cm³/mol. The topological polar surface area (TPSA) is 76.7 Å². The zero-order valence-corrected chi connectivity index (χ0v) is 17.6. The predicted octanol–water partition coefficient (Wildman–Crippen LogP) is 3.15. The smallest absolute Gasteiger partial charge is 0.253 e. The Bertz CT molecular complexity index is 864. The Hall–Kier alpha value is -2.38. The molecule has 0 radical (unpaired) electrons. The number of hydrogen-bond donors (Lipinski definition) is 2. The second-order valence-electron chi connectivity index (χ2n) is 6.53. The van der Waals surface area contributed by atoms with Gasteiger partial charge in [0.25, 0.3) is 5.91 Å². The average Bonchev–Trinajstić information content (AvgIpc) is 2.75. The van der Waals surface area contributed by atoms with Gasteiger partial charge < -0.3 is 20.1 Å². The SMILES string of the molecule is CSCCC(NC(=O)c1ccccc1Cl)C(=O)NCC1COc2ccccc2O1. The number of amides is 2. The van der Waals surface area contributed by atoms with Gasteiger partial charge in [-0.05, 0) is 42.7 Å². The Labute approximate surface area is 179 Å². The molecule has 154 valence electrons. The minimum absolute atomic E-state index is 0.262. The van der Waals surface area contributed by atoms with Gasteiger partial charge in [-0.2, -0.15) is 11.8 Å². The zero-order valence-electron chi connectivity index (χ0n) is 16.0. The Balaban J connectivity index is 1.58. The molecule has 2 amide bonds. The summed E-state index contributed by atoms with van der Waals surface area (Å²) in [6.07, 6.45) is 2.16. The molecular formula is C21H23ClN2O4S. The second-order valence-corrected chi connectivity index (χ2v) is 7.92. The van der Waals surface area contributed by atoms with E-state index in [4.69, 9.17) is 21.1 Å². The van der Waals surface area contributed by atoms with Gasteiger partial charge in [0.1, 0.15) is 18.8 Å². The number of carbonyl (C=O) groups excluding carboxylic acids is 2. The molecule has 0 fully saturated rings. The van der Waals surface area contributed by atoms with Crippen LogP contribution in [0.25, 0.3) is 0 Å². The normalized spacial score (nSPS) is 16.0. The summed E-state index contributed by atoms with van der Waals surface area (Å²) in [6, 6.07) is 13.5. The summed E-state index contributed by atoms with van der Waals surface area (Å²) in [5, 5.41) is 6.00. The molecule has 6 nitrogen and oxygen atoms in total. The van der Waals surface area contributed by atoms with E-state index in [0.717, 1.165) is 5.75 Å². The second kappa shape index (κ2) is 10.4. The van der Waals surface area contributed by atoms with E-state index in [0.29, 0.717) is 35.1 Å². The molecule has 2 aromatic carbocycles. The van der Waals surface area contributed by atoms with Crippen LogP contribution < -0.4 is 20.1 Å². The lowest BCUT2D eigenvalue weighted by Crippen LogP contribution is -2.50. The molecule has 8 heteroatoms. The first-order valence-corrected chi connectivity index (χ1v) is 11.1. The molecule has 2 N–H and O–H groups in total. The van der Waals surface area contributed by atoms with Crippen LogP contribution in [0.4, 0.5) is 0 Å². The fourth-order valence-electron chi connectivity index (χ4n) is 2.89. The van der Waals surface area contributed by atoms with Crippen molar-refractivity contribution < 1.29 is 19.1 Å². The first-order valence-electron chi connectivity index (χ1n) is 9.29. The van der Waals surface area contributed by atoms with E-state index in [1.165, 1.54) is 0 Å². The van der Waals surface area contributed by atoms with Gasteiger partial charge >= 0.3 is 0 Å². The van der Waals surface area contributed by atoms with Crippen molar-refractivity contribution in [1.29, 1.82) is 0 Å². The first-order chi connectivity index (χ1) is 14.1. The number of carbonyl (C=O) groups is 2. The van der Waals surface area contributed by atoms with E-state index < -0.39 is 6.04 Å². The third-order valence-electron chi connectivity index (χ3n) is 4.42. The minimum Gasteiger partial charge on any atom is -0.486 e. The van der Waals surface area contributed by atoms with Crippen molar-refractivity contribution in [3.63, 3.8) is 0 Å². The summed E-state index contributed by atoms with van der Waals surface area (Å²) in [7, 11) is 0. The third-order valence-corrected chi connectivity index (χ3v) is 5.40. The molecule has 1 aliphatic rings. The summed E-state index contributed by atoms with van der Waals surface area (Å²) in [6.45, 7) is 0.629. The van der Waals surface area contributed by atoms with Crippen molar-refractivity contribution >= 4 is 35.2 Å². The van der Waals surface area contributed by atoms with Crippen LogP contribution in [0.15, 0.2) is 48.5 Å². The van der Waals surface area contributed by atoms with Gasteiger partial charge in [-0.1, -0.05) is 35.9 Å². The van der Waals surface area contributed by atoms with Crippen LogP contribution in [-0.2, 0) is 4.79 Å². The number of fused-ring (bicyclic) bond motifs is 1. The van der Waals surface area contributed by atoms with Crippen LogP contribution in [0.5, 0.6) is 11.5 Å². The van der Waals surface area contributed by atoms with Crippen LogP contribution in [0, 0.1) is 0 Å². The molecule has 0 aromatic heterocycles. The molecule has 0 bridgehead atoms. The van der Waals surface area contributed by atoms with Gasteiger partial charge in [-0.15, -0.1) is 0 Å². The van der Waals surface area contributed by atoms with Crippen molar-refractivity contribution in [2.75, 3.05) is 25.2 Å². The third kappa shape index (κ3) is 5.81. The maximum Gasteiger partial charge on any atom is 0.253 e. The first kappa shape index (κ1) is 21.3. The van der Waals surface area contributed by atoms with E-state index in [1.54, 1.807) is 36.0 Å². The maximum absolute atomic E-state index is 12.7. The van der Waals surface area contributed by atoms with Gasteiger partial charge in [-0.3, -0.25) is 9.59 Å². The molecule has 0 aliphatic carbocycles. The molecule has 2 unspecified atom stereocenters. The van der Waals surface area contributed by atoms with Crippen molar-refractivity contribution in [2.24, 2.45) is 0 Å². The van der Waals surface area contributed by atoms with Crippen LogP contribution in [0.1, 0.15) is 16.8 Å². The quantitative estimate of drug-likeness (QED) is 0.667. The Morgan fingerprint density at radius 1 is 1.17 bits per heavy atom. The van der Waals surface area contributed by atoms with Crippen LogP contribution >= 0.6 is 23.4 Å². The standard InChI is InChI=1S/C21H23ClN2O4S/c1-29-11-10-17(24-20(25)15-6-2-3-7-16(15)22)21(26)23-12-14-13-27-18-8-4-5-9-19(18)28-14/h2-9,14,17H,10-13H2,1H3,(H,23,26)(H,24,25). The molecule has 1 heterocycles. The van der Waals surface area contributed by atoms with E-state index >= 15 is 0 Å². The number of rotatable bonds is 8. The van der Waals surface area contributed by atoms with Gasteiger partial charge in [0.05, 0.1) is 17.1 Å². The van der Waals surface area contributed by atoms with Gasteiger partial charge in [0.15, 0.2) is 11.5 Å². The Morgan fingerprint density at radius 3 is 2.66 bits per heavy atom. The molecule has 0 spiro atoms. The summed E-state index contributed by atoms with van der Waals surface area (Å²) in [5.74, 6) is 1.45. The zero-order chi connectivity index (χ0) is 20.6. The van der Waals surface area contributed by atoms with Crippen LogP contribution in [0.2, 0.25) is 5.02 Å². The van der Waals surface area contributed by atoms with E-state index in [9.17, 15) is 9.59 Å². The highest BCUT2D eigenvalue weighted by Crippen LogP contribution is 2.30. The van der Waals surface area contributed by atoms with Crippen LogP contribution in [0.3, 0.4) is 0 Å². The lowest BCUT2D eigenvalue weighted by atomic mass is 10.1. The molecule has 3 rings (SSSR count). The highest BCUT2D eigenvalue weighted by atomic mass is 35.5. The van der Waals surface area contributed by atoms with Crippen molar-refractivity contribution in [1.82, 2.24) is 10.6 Å². The maximum atomic E-state index is 12.7. The van der Waals surface area contributed by atoms with Gasteiger partial charge in [-0.25, -0.2) is 0 Å². The number of hydrogen-bond acceptors (Lipinski definition) is 5. The number of para-hydroxylation sites is 2. The molecule has 2 atom stereocenters. The lowest BCUT2D eigenvalue weighted by Gasteiger charge is -2.27. The number of thioether (sulfide) groups is 1. The lowest BCUT2D eigenvalue weighted by molar-refractivity contribution is -0.123. The molecule has 1 aliphatic heterocycles. The number of halogens is 1. The summed E-state index contributed by atoms with van der Waals surface area (Å²) < 4.78 is 11.5. The number of nitrogens with one attached hydrogen (secondary N) is 2. The largest absolute Gasteiger partial charge is 0.486 e. The van der Waals surface area contributed by atoms with Gasteiger partial charge in [0, 0.05) is 0 Å². The highest BCUT2D eigenvalue weighted by Gasteiger charge is 2.25. The summed E-state index contributed by atoms with van der Waals surface area (Å²) >= 11 is 7.70. The molecular weight excluding hydrogens is 412 g/mol. The summed E-state index contributed by atoms with van der Waals surface area (Å²) in [4.78, 5) is 25.3. The van der Waals surface area contributed by atoms with Crippen molar-refractivity contribution in [3.8, 4) is 11.5 Å².